The zero-order valence-corrected chi connectivity index (χ0v) is 12.1. The molecule has 0 bridgehead atoms. The van der Waals surface area contributed by atoms with Crippen molar-refractivity contribution in [2.75, 3.05) is 11.9 Å². The van der Waals surface area contributed by atoms with Crippen LogP contribution in [0.25, 0.3) is 10.2 Å². The molecule has 0 amide bonds. The van der Waals surface area contributed by atoms with Crippen LogP contribution in [-0.2, 0) is 0 Å². The first-order chi connectivity index (χ1) is 8.54. The third-order valence-corrected chi connectivity index (χ3v) is 4.46. The highest BCUT2D eigenvalue weighted by molar-refractivity contribution is 7.18. The van der Waals surface area contributed by atoms with Crippen molar-refractivity contribution in [2.24, 2.45) is 11.7 Å². The summed E-state index contributed by atoms with van der Waals surface area (Å²) in [5, 5.41) is 4.59. The molecular formula is C13H20N4S. The maximum Gasteiger partial charge on any atom is 0.138 e. The van der Waals surface area contributed by atoms with Gasteiger partial charge >= 0.3 is 0 Å². The number of fused-ring (bicyclic) bond motifs is 1. The van der Waals surface area contributed by atoms with Gasteiger partial charge in [-0.15, -0.1) is 11.3 Å². The second kappa shape index (κ2) is 5.20. The number of nitrogens with one attached hydrogen (secondary N) is 1. The standard InChI is InChI=1S/C13H20N4S/c1-7(2)10(5-14)17-12-11-8(3)9(4)18-13(11)16-6-15-12/h6-7,10H,5,14H2,1-4H3,(H,15,16,17). The van der Waals surface area contributed by atoms with Crippen molar-refractivity contribution in [1.82, 2.24) is 9.97 Å². The normalized spacial score (nSPS) is 13.2. The minimum Gasteiger partial charge on any atom is -0.365 e. The molecule has 0 aliphatic carbocycles. The Hall–Kier alpha value is -1.20. The number of nitrogens with zero attached hydrogens (tertiary/aromatic N) is 2. The highest BCUT2D eigenvalue weighted by Crippen LogP contribution is 2.32. The van der Waals surface area contributed by atoms with Crippen LogP contribution in [0, 0.1) is 19.8 Å². The van der Waals surface area contributed by atoms with Crippen LogP contribution in [0.15, 0.2) is 6.33 Å². The Bertz CT molecular complexity index is 547. The van der Waals surface area contributed by atoms with Crippen LogP contribution in [0.4, 0.5) is 5.82 Å². The molecule has 0 saturated heterocycles. The average Bonchev–Trinajstić information content (AvgIpc) is 2.62. The molecular weight excluding hydrogens is 244 g/mol. The first kappa shape index (κ1) is 13.2. The van der Waals surface area contributed by atoms with Crippen LogP contribution in [0.3, 0.4) is 0 Å². The maximum atomic E-state index is 5.81. The molecule has 0 saturated carbocycles. The number of rotatable bonds is 4. The Morgan fingerprint density at radius 3 is 2.67 bits per heavy atom. The first-order valence-electron chi connectivity index (χ1n) is 6.22. The summed E-state index contributed by atoms with van der Waals surface area (Å²) in [4.78, 5) is 11.1. The van der Waals surface area contributed by atoms with Crippen LogP contribution in [0.1, 0.15) is 24.3 Å². The van der Waals surface area contributed by atoms with Crippen molar-refractivity contribution >= 4 is 27.4 Å². The van der Waals surface area contributed by atoms with Gasteiger partial charge in [-0.05, 0) is 25.3 Å². The third-order valence-electron chi connectivity index (χ3n) is 3.35. The molecule has 2 heterocycles. The Labute approximate surface area is 112 Å². The van der Waals surface area contributed by atoms with Crippen LogP contribution in [0.2, 0.25) is 0 Å². The van der Waals surface area contributed by atoms with Crippen LogP contribution in [-0.4, -0.2) is 22.6 Å². The lowest BCUT2D eigenvalue weighted by Gasteiger charge is -2.21. The summed E-state index contributed by atoms with van der Waals surface area (Å²) in [6, 6.07) is 0.239. The number of aryl methyl sites for hydroxylation is 2. The van der Waals surface area contributed by atoms with Crippen molar-refractivity contribution in [2.45, 2.75) is 33.7 Å². The molecule has 1 unspecified atom stereocenters. The zero-order valence-electron chi connectivity index (χ0n) is 11.3. The molecule has 4 nitrogen and oxygen atoms in total. The van der Waals surface area contributed by atoms with Crippen molar-refractivity contribution in [1.29, 1.82) is 0 Å². The highest BCUT2D eigenvalue weighted by atomic mass is 32.1. The molecule has 5 heteroatoms. The fourth-order valence-corrected chi connectivity index (χ4v) is 2.96. The van der Waals surface area contributed by atoms with Gasteiger partial charge in [0.15, 0.2) is 0 Å². The molecule has 0 aromatic carbocycles. The summed E-state index contributed by atoms with van der Waals surface area (Å²) < 4.78 is 0. The van der Waals surface area contributed by atoms with Gasteiger partial charge in [0.05, 0.1) is 5.39 Å². The zero-order chi connectivity index (χ0) is 13.3. The molecule has 0 aliphatic rings. The molecule has 98 valence electrons. The smallest absolute Gasteiger partial charge is 0.138 e. The molecule has 2 aromatic rings. The van der Waals surface area contributed by atoms with Gasteiger partial charge in [0, 0.05) is 17.5 Å². The molecule has 0 radical (unpaired) electrons. The molecule has 2 rings (SSSR count). The van der Waals surface area contributed by atoms with Gasteiger partial charge in [-0.1, -0.05) is 13.8 Å². The first-order valence-corrected chi connectivity index (χ1v) is 7.03. The van der Waals surface area contributed by atoms with E-state index in [0.717, 1.165) is 16.0 Å². The van der Waals surface area contributed by atoms with Gasteiger partial charge in [-0.2, -0.15) is 0 Å². The summed E-state index contributed by atoms with van der Waals surface area (Å²) in [5.41, 5.74) is 7.07. The lowest BCUT2D eigenvalue weighted by Crippen LogP contribution is -2.34. The lowest BCUT2D eigenvalue weighted by molar-refractivity contribution is 0.530. The molecule has 3 N–H and O–H groups in total. The fourth-order valence-electron chi connectivity index (χ4n) is 1.97. The average molecular weight is 264 g/mol. The summed E-state index contributed by atoms with van der Waals surface area (Å²) in [6.45, 7) is 9.17. The van der Waals surface area contributed by atoms with Gasteiger partial charge in [-0.3, -0.25) is 0 Å². The number of hydrogen-bond acceptors (Lipinski definition) is 5. The number of anilines is 1. The van der Waals surface area contributed by atoms with E-state index in [0.29, 0.717) is 12.5 Å². The second-order valence-electron chi connectivity index (χ2n) is 4.92. The highest BCUT2D eigenvalue weighted by Gasteiger charge is 2.16. The van der Waals surface area contributed by atoms with Crippen LogP contribution in [0.5, 0.6) is 0 Å². The Morgan fingerprint density at radius 2 is 2.06 bits per heavy atom. The van der Waals surface area contributed by atoms with E-state index < -0.39 is 0 Å². The number of thiophene rings is 1. The van der Waals surface area contributed by atoms with Gasteiger partial charge in [0.1, 0.15) is 17.0 Å². The predicted molar refractivity (Wildman–Crippen MR) is 78.2 cm³/mol. The van der Waals surface area contributed by atoms with E-state index in [1.165, 1.54) is 10.4 Å². The second-order valence-corrected chi connectivity index (χ2v) is 6.12. The van der Waals surface area contributed by atoms with Gasteiger partial charge in [-0.25, -0.2) is 9.97 Å². The largest absolute Gasteiger partial charge is 0.365 e. The SMILES string of the molecule is Cc1sc2ncnc(NC(CN)C(C)C)c2c1C. The summed E-state index contributed by atoms with van der Waals surface area (Å²) in [7, 11) is 0. The van der Waals surface area contributed by atoms with Gasteiger partial charge in [0.25, 0.3) is 0 Å². The monoisotopic (exact) mass is 264 g/mol. The van der Waals surface area contributed by atoms with E-state index in [9.17, 15) is 0 Å². The van der Waals surface area contributed by atoms with E-state index in [4.69, 9.17) is 5.73 Å². The maximum absolute atomic E-state index is 5.81. The predicted octanol–water partition coefficient (Wildman–Crippen LogP) is 2.70. The minimum atomic E-state index is 0.239. The number of hydrogen-bond donors (Lipinski definition) is 2. The number of aromatic nitrogens is 2. The van der Waals surface area contributed by atoms with E-state index >= 15 is 0 Å². The quantitative estimate of drug-likeness (QED) is 0.891. The van der Waals surface area contributed by atoms with E-state index in [1.807, 2.05) is 0 Å². The fraction of sp³-hybridized carbons (Fsp3) is 0.538. The van der Waals surface area contributed by atoms with Gasteiger partial charge < -0.3 is 11.1 Å². The van der Waals surface area contributed by atoms with Crippen molar-refractivity contribution < 1.29 is 0 Å². The van der Waals surface area contributed by atoms with E-state index in [2.05, 4.69) is 43.0 Å². The Balaban J connectivity index is 2.44. The van der Waals surface area contributed by atoms with E-state index in [-0.39, 0.29) is 6.04 Å². The Kier molecular flexibility index (Phi) is 3.82. The van der Waals surface area contributed by atoms with Gasteiger partial charge in [0.2, 0.25) is 0 Å². The molecule has 1 atom stereocenters. The lowest BCUT2D eigenvalue weighted by atomic mass is 10.0. The van der Waals surface area contributed by atoms with E-state index in [1.54, 1.807) is 17.7 Å². The van der Waals surface area contributed by atoms with Crippen LogP contribution >= 0.6 is 11.3 Å². The molecule has 0 aliphatic heterocycles. The van der Waals surface area contributed by atoms with Crippen molar-refractivity contribution in [3.8, 4) is 0 Å². The molecule has 0 fully saturated rings. The third kappa shape index (κ3) is 2.33. The van der Waals surface area contributed by atoms with Crippen molar-refractivity contribution in [3.63, 3.8) is 0 Å². The minimum absolute atomic E-state index is 0.239. The Morgan fingerprint density at radius 1 is 1.33 bits per heavy atom. The molecule has 18 heavy (non-hydrogen) atoms. The molecule has 2 aromatic heterocycles. The number of nitrogens with two attached hydrogens (primary N) is 1. The summed E-state index contributed by atoms with van der Waals surface area (Å²) in [6.07, 6.45) is 1.62. The topological polar surface area (TPSA) is 63.8 Å². The molecule has 0 spiro atoms. The van der Waals surface area contributed by atoms with Crippen molar-refractivity contribution in [3.05, 3.63) is 16.8 Å². The van der Waals surface area contributed by atoms with Crippen LogP contribution < -0.4 is 11.1 Å². The summed E-state index contributed by atoms with van der Waals surface area (Å²) in [5.74, 6) is 1.38. The summed E-state index contributed by atoms with van der Waals surface area (Å²) >= 11 is 1.71.